The van der Waals surface area contributed by atoms with E-state index in [1.54, 1.807) is 7.11 Å². The zero-order valence-corrected chi connectivity index (χ0v) is 13.3. The standard InChI is InChI=1S/C17H17Cl2NO/c1-21-17-7-3-11(8-13(17)10-20-14-4-5-14)12-2-6-15(18)16(19)9-12/h2-3,6-9,14,20H,4-5,10H2,1H3. The first-order valence-corrected chi connectivity index (χ1v) is 7.78. The quantitative estimate of drug-likeness (QED) is 0.843. The van der Waals surface area contributed by atoms with Gasteiger partial charge in [-0.05, 0) is 48.2 Å². The molecule has 0 atom stereocenters. The number of nitrogens with one attached hydrogen (secondary N) is 1. The van der Waals surface area contributed by atoms with Gasteiger partial charge in [-0.25, -0.2) is 0 Å². The summed E-state index contributed by atoms with van der Waals surface area (Å²) in [5, 5.41) is 4.67. The maximum atomic E-state index is 6.10. The maximum absolute atomic E-state index is 6.10. The van der Waals surface area contributed by atoms with Gasteiger partial charge in [0.25, 0.3) is 0 Å². The molecule has 0 aliphatic heterocycles. The van der Waals surface area contributed by atoms with Crippen molar-refractivity contribution in [3.8, 4) is 16.9 Å². The molecule has 0 unspecified atom stereocenters. The summed E-state index contributed by atoms with van der Waals surface area (Å²) in [6.07, 6.45) is 2.55. The van der Waals surface area contributed by atoms with Crippen molar-refractivity contribution in [3.05, 3.63) is 52.0 Å². The van der Waals surface area contributed by atoms with Gasteiger partial charge in [0.05, 0.1) is 17.2 Å². The fraction of sp³-hybridized carbons (Fsp3) is 0.294. The normalized spacial score (nSPS) is 14.2. The largest absolute Gasteiger partial charge is 0.496 e. The highest BCUT2D eigenvalue weighted by Gasteiger charge is 2.20. The molecular formula is C17H17Cl2NO. The van der Waals surface area contributed by atoms with E-state index in [0.29, 0.717) is 16.1 Å². The van der Waals surface area contributed by atoms with Crippen LogP contribution in [0.15, 0.2) is 36.4 Å². The van der Waals surface area contributed by atoms with Gasteiger partial charge in [0, 0.05) is 18.2 Å². The molecule has 2 aromatic carbocycles. The van der Waals surface area contributed by atoms with Crippen LogP contribution >= 0.6 is 23.2 Å². The molecule has 0 amide bonds. The van der Waals surface area contributed by atoms with Gasteiger partial charge in [0.2, 0.25) is 0 Å². The SMILES string of the molecule is COc1ccc(-c2ccc(Cl)c(Cl)c2)cc1CNC1CC1. The van der Waals surface area contributed by atoms with Gasteiger partial charge in [-0.2, -0.15) is 0 Å². The van der Waals surface area contributed by atoms with E-state index in [1.807, 2.05) is 30.3 Å². The van der Waals surface area contributed by atoms with Gasteiger partial charge in [-0.15, -0.1) is 0 Å². The Morgan fingerprint density at radius 3 is 2.43 bits per heavy atom. The molecule has 2 aromatic rings. The molecule has 3 rings (SSSR count). The summed E-state index contributed by atoms with van der Waals surface area (Å²) in [5.41, 5.74) is 3.33. The zero-order valence-electron chi connectivity index (χ0n) is 11.8. The van der Waals surface area contributed by atoms with Crippen molar-refractivity contribution in [1.82, 2.24) is 5.32 Å². The summed E-state index contributed by atoms with van der Waals surface area (Å²) >= 11 is 12.1. The lowest BCUT2D eigenvalue weighted by Crippen LogP contribution is -2.15. The maximum Gasteiger partial charge on any atom is 0.123 e. The first-order valence-electron chi connectivity index (χ1n) is 7.03. The van der Waals surface area contributed by atoms with Crippen molar-refractivity contribution in [2.75, 3.05) is 7.11 Å². The average Bonchev–Trinajstić information content (AvgIpc) is 3.32. The van der Waals surface area contributed by atoms with Crippen molar-refractivity contribution >= 4 is 23.2 Å². The van der Waals surface area contributed by atoms with Gasteiger partial charge < -0.3 is 10.1 Å². The minimum absolute atomic E-state index is 0.572. The Hall–Kier alpha value is -1.22. The van der Waals surface area contributed by atoms with Crippen LogP contribution in [0.5, 0.6) is 5.75 Å². The molecule has 0 spiro atoms. The van der Waals surface area contributed by atoms with E-state index in [-0.39, 0.29) is 0 Å². The molecule has 110 valence electrons. The van der Waals surface area contributed by atoms with Crippen LogP contribution < -0.4 is 10.1 Å². The molecule has 1 N–H and O–H groups in total. The van der Waals surface area contributed by atoms with Crippen LogP contribution in [0.3, 0.4) is 0 Å². The number of hydrogen-bond donors (Lipinski definition) is 1. The predicted molar refractivity (Wildman–Crippen MR) is 88.3 cm³/mol. The molecule has 1 fully saturated rings. The van der Waals surface area contributed by atoms with E-state index < -0.39 is 0 Å². The number of methoxy groups -OCH3 is 1. The van der Waals surface area contributed by atoms with Crippen LogP contribution in [0, 0.1) is 0 Å². The lowest BCUT2D eigenvalue weighted by Gasteiger charge is -2.12. The first-order chi connectivity index (χ1) is 10.2. The molecule has 1 saturated carbocycles. The number of hydrogen-bond acceptors (Lipinski definition) is 2. The molecule has 1 aliphatic carbocycles. The summed E-state index contributed by atoms with van der Waals surface area (Å²) in [5.74, 6) is 0.909. The lowest BCUT2D eigenvalue weighted by atomic mass is 10.0. The topological polar surface area (TPSA) is 21.3 Å². The van der Waals surface area contributed by atoms with Gasteiger partial charge >= 0.3 is 0 Å². The monoisotopic (exact) mass is 321 g/mol. The number of rotatable bonds is 5. The third-order valence-electron chi connectivity index (χ3n) is 3.69. The third-order valence-corrected chi connectivity index (χ3v) is 4.43. The Labute approximate surface area is 135 Å². The predicted octanol–water partition coefficient (Wildman–Crippen LogP) is 4.92. The Bertz CT molecular complexity index is 653. The molecule has 21 heavy (non-hydrogen) atoms. The van der Waals surface area contributed by atoms with Crippen molar-refractivity contribution in [3.63, 3.8) is 0 Å². The third kappa shape index (κ3) is 3.52. The van der Waals surface area contributed by atoms with E-state index in [0.717, 1.165) is 29.0 Å². The molecule has 0 radical (unpaired) electrons. The van der Waals surface area contributed by atoms with E-state index in [1.165, 1.54) is 12.8 Å². The van der Waals surface area contributed by atoms with Crippen molar-refractivity contribution < 1.29 is 4.74 Å². The molecule has 4 heteroatoms. The average molecular weight is 322 g/mol. The summed E-state index contributed by atoms with van der Waals surface area (Å²) in [4.78, 5) is 0. The van der Waals surface area contributed by atoms with Crippen molar-refractivity contribution in [2.24, 2.45) is 0 Å². The molecule has 1 aliphatic rings. The second kappa shape index (κ2) is 6.27. The number of benzene rings is 2. The molecule has 0 aromatic heterocycles. The number of halogens is 2. The van der Waals surface area contributed by atoms with E-state index in [4.69, 9.17) is 27.9 Å². The zero-order chi connectivity index (χ0) is 14.8. The van der Waals surface area contributed by atoms with Crippen LogP contribution in [0.1, 0.15) is 18.4 Å². The summed E-state index contributed by atoms with van der Waals surface area (Å²) in [7, 11) is 1.70. The van der Waals surface area contributed by atoms with Crippen LogP contribution in [0.25, 0.3) is 11.1 Å². The minimum atomic E-state index is 0.572. The van der Waals surface area contributed by atoms with E-state index >= 15 is 0 Å². The Kier molecular flexibility index (Phi) is 4.39. The van der Waals surface area contributed by atoms with Crippen LogP contribution in [-0.2, 0) is 6.54 Å². The van der Waals surface area contributed by atoms with Crippen molar-refractivity contribution in [1.29, 1.82) is 0 Å². The number of ether oxygens (including phenoxy) is 1. The highest BCUT2D eigenvalue weighted by Crippen LogP contribution is 2.31. The van der Waals surface area contributed by atoms with Crippen molar-refractivity contribution in [2.45, 2.75) is 25.4 Å². The fourth-order valence-corrected chi connectivity index (χ4v) is 2.61. The lowest BCUT2D eigenvalue weighted by molar-refractivity contribution is 0.407. The fourth-order valence-electron chi connectivity index (χ4n) is 2.31. The molecule has 0 heterocycles. The smallest absolute Gasteiger partial charge is 0.123 e. The molecule has 0 bridgehead atoms. The van der Waals surface area contributed by atoms with Crippen LogP contribution in [0.4, 0.5) is 0 Å². The first kappa shape index (κ1) is 14.7. The highest BCUT2D eigenvalue weighted by molar-refractivity contribution is 6.42. The van der Waals surface area contributed by atoms with E-state index in [9.17, 15) is 0 Å². The van der Waals surface area contributed by atoms with Crippen LogP contribution in [0.2, 0.25) is 10.0 Å². The van der Waals surface area contributed by atoms with Gasteiger partial charge in [-0.3, -0.25) is 0 Å². The van der Waals surface area contributed by atoms with Gasteiger partial charge in [-0.1, -0.05) is 35.3 Å². The van der Waals surface area contributed by atoms with Crippen LogP contribution in [-0.4, -0.2) is 13.2 Å². The van der Waals surface area contributed by atoms with E-state index in [2.05, 4.69) is 11.4 Å². The molecule has 0 saturated heterocycles. The highest BCUT2D eigenvalue weighted by atomic mass is 35.5. The molecular weight excluding hydrogens is 305 g/mol. The Morgan fingerprint density at radius 1 is 1.05 bits per heavy atom. The Balaban J connectivity index is 1.90. The van der Waals surface area contributed by atoms with Gasteiger partial charge in [0.1, 0.15) is 5.75 Å². The summed E-state index contributed by atoms with van der Waals surface area (Å²) < 4.78 is 5.44. The second-order valence-electron chi connectivity index (χ2n) is 5.31. The van der Waals surface area contributed by atoms with Gasteiger partial charge in [0.15, 0.2) is 0 Å². The minimum Gasteiger partial charge on any atom is -0.496 e. The second-order valence-corrected chi connectivity index (χ2v) is 6.13. The summed E-state index contributed by atoms with van der Waals surface area (Å²) in [6.45, 7) is 0.822. The summed E-state index contributed by atoms with van der Waals surface area (Å²) in [6, 6.07) is 12.6. The Morgan fingerprint density at radius 2 is 1.76 bits per heavy atom. The molecule has 2 nitrogen and oxygen atoms in total.